The second-order valence-corrected chi connectivity index (χ2v) is 6.55. The van der Waals surface area contributed by atoms with Gasteiger partial charge in [-0.2, -0.15) is 0 Å². The second-order valence-electron chi connectivity index (χ2n) is 6.55. The maximum atomic E-state index is 12.9. The van der Waals surface area contributed by atoms with Crippen molar-refractivity contribution >= 4 is 23.7 Å². The van der Waals surface area contributed by atoms with Gasteiger partial charge in [-0.05, 0) is 43.5 Å². The monoisotopic (exact) mass is 396 g/mol. The number of amides is 3. The molecule has 0 aliphatic heterocycles. The molecule has 0 heterocycles. The highest BCUT2D eigenvalue weighted by Crippen LogP contribution is 2.18. The van der Waals surface area contributed by atoms with Crippen LogP contribution < -0.4 is 10.6 Å². The average Bonchev–Trinajstić information content (AvgIpc) is 2.72. The molecule has 0 radical (unpaired) electrons. The molecule has 152 valence electrons. The maximum Gasteiger partial charge on any atom is 0.339 e. The summed E-state index contributed by atoms with van der Waals surface area (Å²) in [4.78, 5) is 48.5. The number of hydrogen-bond donors (Lipinski definition) is 2. The summed E-state index contributed by atoms with van der Waals surface area (Å²) in [6.07, 6.45) is 0.724. The summed E-state index contributed by atoms with van der Waals surface area (Å²) in [5.74, 6) is -1.89. The third-order valence-electron chi connectivity index (χ3n) is 4.28. The Morgan fingerprint density at radius 3 is 2.28 bits per heavy atom. The zero-order valence-corrected chi connectivity index (χ0v) is 16.7. The summed E-state index contributed by atoms with van der Waals surface area (Å²) in [6, 6.07) is 10.9. The summed E-state index contributed by atoms with van der Waals surface area (Å²) in [7, 11) is 0. The smallest absolute Gasteiger partial charge is 0.339 e. The van der Waals surface area contributed by atoms with Crippen LogP contribution in [0, 0.1) is 13.8 Å². The van der Waals surface area contributed by atoms with Crippen molar-refractivity contribution in [1.82, 2.24) is 10.6 Å². The van der Waals surface area contributed by atoms with Gasteiger partial charge in [0.05, 0.1) is 5.56 Å². The largest absolute Gasteiger partial charge is 0.452 e. The minimum atomic E-state index is -0.818. The van der Waals surface area contributed by atoms with Gasteiger partial charge in [0, 0.05) is 17.7 Å². The molecule has 3 amide bonds. The number of urea groups is 1. The lowest BCUT2D eigenvalue weighted by atomic mass is 9.96. The number of carbonyl (C=O) groups is 4. The fourth-order valence-electron chi connectivity index (χ4n) is 2.55. The second kappa shape index (κ2) is 10.2. The molecule has 7 heteroatoms. The predicted octanol–water partition coefficient (Wildman–Crippen LogP) is 2.93. The van der Waals surface area contributed by atoms with E-state index in [2.05, 4.69) is 10.6 Å². The minimum Gasteiger partial charge on any atom is -0.452 e. The van der Waals surface area contributed by atoms with Crippen LogP contribution in [0.3, 0.4) is 0 Å². The molecule has 0 atom stereocenters. The van der Waals surface area contributed by atoms with E-state index in [-0.39, 0.29) is 16.9 Å². The highest BCUT2D eigenvalue weighted by Gasteiger charge is 2.20. The Morgan fingerprint density at radius 2 is 1.62 bits per heavy atom. The van der Waals surface area contributed by atoms with E-state index in [0.717, 1.165) is 17.5 Å². The third-order valence-corrected chi connectivity index (χ3v) is 4.28. The molecule has 2 N–H and O–H groups in total. The van der Waals surface area contributed by atoms with Crippen LogP contribution in [0.25, 0.3) is 0 Å². The predicted molar refractivity (Wildman–Crippen MR) is 108 cm³/mol. The molecule has 0 bridgehead atoms. The van der Waals surface area contributed by atoms with Gasteiger partial charge in [-0.1, -0.05) is 37.3 Å². The maximum absolute atomic E-state index is 12.9. The van der Waals surface area contributed by atoms with Gasteiger partial charge in [0.2, 0.25) is 0 Å². The molecule has 2 aromatic carbocycles. The van der Waals surface area contributed by atoms with Gasteiger partial charge in [-0.3, -0.25) is 14.9 Å². The van der Waals surface area contributed by atoms with E-state index in [1.54, 1.807) is 24.3 Å². The number of carbonyl (C=O) groups excluding carboxylic acids is 4. The molecule has 0 unspecified atom stereocenters. The van der Waals surface area contributed by atoms with Crippen LogP contribution in [-0.2, 0) is 9.53 Å². The number of rotatable bonds is 7. The average molecular weight is 396 g/mol. The fourth-order valence-corrected chi connectivity index (χ4v) is 2.55. The van der Waals surface area contributed by atoms with Crippen LogP contribution in [0.2, 0.25) is 0 Å². The molecule has 0 aliphatic carbocycles. The molecular formula is C22H24N2O5. The SMILES string of the molecule is CCCNC(=O)NC(=O)COC(=O)c1ccccc1C(=O)c1ccc(C)c(C)c1. The molecule has 0 saturated heterocycles. The Hall–Kier alpha value is -3.48. The first-order chi connectivity index (χ1) is 13.8. The van der Waals surface area contributed by atoms with Crippen molar-refractivity contribution in [3.05, 3.63) is 70.3 Å². The molecule has 0 spiro atoms. The van der Waals surface area contributed by atoms with Gasteiger partial charge in [-0.25, -0.2) is 9.59 Å². The molecule has 29 heavy (non-hydrogen) atoms. The van der Waals surface area contributed by atoms with E-state index in [0.29, 0.717) is 12.1 Å². The first-order valence-corrected chi connectivity index (χ1v) is 9.29. The lowest BCUT2D eigenvalue weighted by Crippen LogP contribution is -2.41. The van der Waals surface area contributed by atoms with E-state index in [1.807, 2.05) is 26.8 Å². The Kier molecular flexibility index (Phi) is 7.65. The topological polar surface area (TPSA) is 102 Å². The number of benzene rings is 2. The zero-order chi connectivity index (χ0) is 21.4. The molecule has 2 aromatic rings. The van der Waals surface area contributed by atoms with E-state index in [9.17, 15) is 19.2 Å². The van der Waals surface area contributed by atoms with E-state index < -0.39 is 24.5 Å². The lowest BCUT2D eigenvalue weighted by Gasteiger charge is -2.10. The Bertz CT molecular complexity index is 937. The van der Waals surface area contributed by atoms with Crippen molar-refractivity contribution in [3.8, 4) is 0 Å². The highest BCUT2D eigenvalue weighted by molar-refractivity contribution is 6.14. The normalized spacial score (nSPS) is 10.2. The van der Waals surface area contributed by atoms with Gasteiger partial charge in [-0.15, -0.1) is 0 Å². The first kappa shape index (κ1) is 21.8. The number of hydrogen-bond acceptors (Lipinski definition) is 5. The van der Waals surface area contributed by atoms with Crippen molar-refractivity contribution in [2.75, 3.05) is 13.2 Å². The van der Waals surface area contributed by atoms with E-state index in [1.165, 1.54) is 12.1 Å². The summed E-state index contributed by atoms with van der Waals surface area (Å²) in [5, 5.41) is 4.54. The quantitative estimate of drug-likeness (QED) is 0.553. The number of ketones is 1. The number of imide groups is 1. The number of nitrogens with one attached hydrogen (secondary N) is 2. The molecule has 2 rings (SSSR count). The van der Waals surface area contributed by atoms with Crippen molar-refractivity contribution in [3.63, 3.8) is 0 Å². The highest BCUT2D eigenvalue weighted by atomic mass is 16.5. The Balaban J connectivity index is 2.08. The molecular weight excluding hydrogens is 372 g/mol. The summed E-state index contributed by atoms with van der Waals surface area (Å²) in [5.41, 5.74) is 2.72. The van der Waals surface area contributed by atoms with Crippen LogP contribution >= 0.6 is 0 Å². The number of ether oxygens (including phenoxy) is 1. The summed E-state index contributed by atoms with van der Waals surface area (Å²) >= 11 is 0. The molecule has 0 fully saturated rings. The fraction of sp³-hybridized carbons (Fsp3) is 0.273. The van der Waals surface area contributed by atoms with Crippen LogP contribution in [0.5, 0.6) is 0 Å². The van der Waals surface area contributed by atoms with Crippen LogP contribution in [0.4, 0.5) is 4.79 Å². The minimum absolute atomic E-state index is 0.0546. The van der Waals surface area contributed by atoms with Gasteiger partial charge in [0.1, 0.15) is 0 Å². The van der Waals surface area contributed by atoms with Gasteiger partial charge in [0.25, 0.3) is 5.91 Å². The molecule has 7 nitrogen and oxygen atoms in total. The van der Waals surface area contributed by atoms with Crippen LogP contribution in [0.15, 0.2) is 42.5 Å². The van der Waals surface area contributed by atoms with Crippen molar-refractivity contribution in [2.45, 2.75) is 27.2 Å². The zero-order valence-electron chi connectivity index (χ0n) is 16.7. The van der Waals surface area contributed by atoms with Gasteiger partial charge in [0.15, 0.2) is 12.4 Å². The van der Waals surface area contributed by atoms with Crippen molar-refractivity contribution in [1.29, 1.82) is 0 Å². The number of aryl methyl sites for hydroxylation is 2. The van der Waals surface area contributed by atoms with Gasteiger partial charge >= 0.3 is 12.0 Å². The third kappa shape index (κ3) is 6.00. The van der Waals surface area contributed by atoms with Crippen molar-refractivity contribution < 1.29 is 23.9 Å². The molecule has 0 saturated carbocycles. The van der Waals surface area contributed by atoms with Crippen LogP contribution in [0.1, 0.15) is 50.8 Å². The van der Waals surface area contributed by atoms with E-state index >= 15 is 0 Å². The summed E-state index contributed by atoms with van der Waals surface area (Å²) in [6.45, 7) is 5.52. The number of esters is 1. The Labute approximate surface area is 169 Å². The lowest BCUT2D eigenvalue weighted by molar-refractivity contribution is -0.123. The summed E-state index contributed by atoms with van der Waals surface area (Å²) < 4.78 is 4.98. The molecule has 0 aliphatic rings. The van der Waals surface area contributed by atoms with E-state index in [4.69, 9.17) is 4.74 Å². The van der Waals surface area contributed by atoms with Crippen molar-refractivity contribution in [2.24, 2.45) is 0 Å². The Morgan fingerprint density at radius 1 is 0.931 bits per heavy atom. The standard InChI is InChI=1S/C22H24N2O5/c1-4-11-23-22(28)24-19(25)13-29-21(27)18-8-6-5-7-17(18)20(26)16-10-9-14(2)15(3)12-16/h5-10,12H,4,11,13H2,1-3H3,(H2,23,24,25,28). The first-order valence-electron chi connectivity index (χ1n) is 9.29. The van der Waals surface area contributed by atoms with Gasteiger partial charge < -0.3 is 10.1 Å². The molecule has 0 aromatic heterocycles. The van der Waals surface area contributed by atoms with Crippen LogP contribution in [-0.4, -0.2) is 36.8 Å².